The van der Waals surface area contributed by atoms with Gasteiger partial charge >= 0.3 is 5.97 Å². The minimum Gasteiger partial charge on any atom is -0.456 e. The maximum absolute atomic E-state index is 11.8. The molecular formula is C18H18BrNO3. The molecule has 0 bridgehead atoms. The molecule has 2 rings (SSSR count). The zero-order valence-corrected chi connectivity index (χ0v) is 14.4. The van der Waals surface area contributed by atoms with Crippen molar-refractivity contribution < 1.29 is 14.3 Å². The predicted molar refractivity (Wildman–Crippen MR) is 93.2 cm³/mol. The smallest absolute Gasteiger partial charge is 0.306 e. The quantitative estimate of drug-likeness (QED) is 0.772. The van der Waals surface area contributed by atoms with E-state index in [2.05, 4.69) is 21.2 Å². The van der Waals surface area contributed by atoms with Gasteiger partial charge in [0.15, 0.2) is 6.61 Å². The number of benzene rings is 2. The third kappa shape index (κ3) is 5.53. The molecular weight excluding hydrogens is 358 g/mol. The Bertz CT molecular complexity index is 673. The van der Waals surface area contributed by atoms with Gasteiger partial charge in [0.1, 0.15) is 0 Å². The minimum absolute atomic E-state index is 0.0510. The number of hydrogen-bond donors (Lipinski definition) is 1. The average Bonchev–Trinajstić information content (AvgIpc) is 2.56. The zero-order valence-electron chi connectivity index (χ0n) is 12.8. The van der Waals surface area contributed by atoms with Crippen LogP contribution < -0.4 is 5.32 Å². The summed E-state index contributed by atoms with van der Waals surface area (Å²) in [5.41, 5.74) is 1.72. The van der Waals surface area contributed by atoms with Gasteiger partial charge in [-0.25, -0.2) is 0 Å². The maximum Gasteiger partial charge on any atom is 0.306 e. The molecule has 0 aromatic heterocycles. The van der Waals surface area contributed by atoms with Crippen molar-refractivity contribution in [3.05, 3.63) is 64.6 Å². The van der Waals surface area contributed by atoms with Crippen molar-refractivity contribution in [1.82, 2.24) is 0 Å². The molecule has 0 unspecified atom stereocenters. The molecule has 0 saturated carbocycles. The number of carbonyl (C=O) groups is 2. The molecule has 0 fully saturated rings. The lowest BCUT2D eigenvalue weighted by atomic mass is 9.98. The highest BCUT2D eigenvalue weighted by Crippen LogP contribution is 2.21. The Kier molecular flexibility index (Phi) is 6.35. The third-order valence-corrected chi connectivity index (χ3v) is 4.05. The van der Waals surface area contributed by atoms with E-state index in [1.54, 1.807) is 6.07 Å². The first-order valence-electron chi connectivity index (χ1n) is 7.31. The molecule has 0 heterocycles. The topological polar surface area (TPSA) is 55.4 Å². The monoisotopic (exact) mass is 375 g/mol. The molecule has 120 valence electrons. The molecule has 5 heteroatoms. The van der Waals surface area contributed by atoms with Crippen LogP contribution >= 0.6 is 15.9 Å². The van der Waals surface area contributed by atoms with Crippen LogP contribution in [0.15, 0.2) is 59.1 Å². The third-order valence-electron chi connectivity index (χ3n) is 3.35. The first-order chi connectivity index (χ1) is 11.1. The summed E-state index contributed by atoms with van der Waals surface area (Å²) in [4.78, 5) is 23.7. The minimum atomic E-state index is -0.386. The van der Waals surface area contributed by atoms with Crippen LogP contribution in [0.3, 0.4) is 0 Å². The van der Waals surface area contributed by atoms with E-state index in [1.165, 1.54) is 0 Å². The van der Waals surface area contributed by atoms with Gasteiger partial charge in [0.25, 0.3) is 5.91 Å². The number of halogens is 1. The Morgan fingerprint density at radius 2 is 1.74 bits per heavy atom. The summed E-state index contributed by atoms with van der Waals surface area (Å²) in [6.45, 7) is 1.67. The van der Waals surface area contributed by atoms with Crippen LogP contribution in [-0.2, 0) is 14.3 Å². The van der Waals surface area contributed by atoms with E-state index in [4.69, 9.17) is 4.74 Å². The van der Waals surface area contributed by atoms with Gasteiger partial charge in [0.2, 0.25) is 0 Å². The molecule has 23 heavy (non-hydrogen) atoms. The van der Waals surface area contributed by atoms with Gasteiger partial charge in [0.05, 0.1) is 12.1 Å². The van der Waals surface area contributed by atoms with Crippen LogP contribution in [-0.4, -0.2) is 18.5 Å². The van der Waals surface area contributed by atoms with Crippen molar-refractivity contribution in [2.75, 3.05) is 11.9 Å². The lowest BCUT2D eigenvalue weighted by Crippen LogP contribution is -2.21. The van der Waals surface area contributed by atoms with E-state index < -0.39 is 0 Å². The number of esters is 1. The normalized spacial score (nSPS) is 11.6. The Balaban J connectivity index is 1.78. The van der Waals surface area contributed by atoms with Crippen LogP contribution in [0.1, 0.15) is 24.8 Å². The highest BCUT2D eigenvalue weighted by molar-refractivity contribution is 9.10. The summed E-state index contributed by atoms with van der Waals surface area (Å²) >= 11 is 3.34. The highest BCUT2D eigenvalue weighted by atomic mass is 79.9. The Morgan fingerprint density at radius 3 is 2.43 bits per heavy atom. The summed E-state index contributed by atoms with van der Waals surface area (Å²) in [6.07, 6.45) is 0.242. The molecule has 1 amide bonds. The number of ether oxygens (including phenoxy) is 1. The number of carbonyl (C=O) groups excluding carboxylic acids is 2. The van der Waals surface area contributed by atoms with Crippen LogP contribution in [0, 0.1) is 0 Å². The zero-order chi connectivity index (χ0) is 16.7. The SMILES string of the molecule is C[C@@H](CC(=O)OCC(=O)Nc1ccccc1Br)c1ccccc1. The molecule has 0 aliphatic heterocycles. The van der Waals surface area contributed by atoms with Gasteiger partial charge in [-0.3, -0.25) is 9.59 Å². The van der Waals surface area contributed by atoms with Crippen molar-refractivity contribution >= 4 is 33.5 Å². The fourth-order valence-corrected chi connectivity index (χ4v) is 2.49. The van der Waals surface area contributed by atoms with Crippen LogP contribution in [0.25, 0.3) is 0 Å². The van der Waals surface area contributed by atoms with E-state index in [1.807, 2.05) is 55.5 Å². The molecule has 0 radical (unpaired) electrons. The fraction of sp³-hybridized carbons (Fsp3) is 0.222. The van der Waals surface area contributed by atoms with Crippen LogP contribution in [0.4, 0.5) is 5.69 Å². The molecule has 0 aliphatic rings. The van der Waals surface area contributed by atoms with Crippen molar-refractivity contribution in [3.63, 3.8) is 0 Å². The molecule has 2 aromatic rings. The largest absolute Gasteiger partial charge is 0.456 e. The van der Waals surface area contributed by atoms with Crippen molar-refractivity contribution in [2.24, 2.45) is 0 Å². The van der Waals surface area contributed by atoms with Crippen LogP contribution in [0.2, 0.25) is 0 Å². The summed E-state index contributed by atoms with van der Waals surface area (Å²) in [5, 5.41) is 2.69. The average molecular weight is 376 g/mol. The van der Waals surface area contributed by atoms with Crippen molar-refractivity contribution in [1.29, 1.82) is 0 Å². The Hall–Kier alpha value is -2.14. The van der Waals surface area contributed by atoms with E-state index in [9.17, 15) is 9.59 Å². The number of rotatable bonds is 6. The second kappa shape index (κ2) is 8.48. The maximum atomic E-state index is 11.8. The second-order valence-corrected chi connectivity index (χ2v) is 6.06. The van der Waals surface area contributed by atoms with E-state index in [0.29, 0.717) is 5.69 Å². The lowest BCUT2D eigenvalue weighted by molar-refractivity contribution is -0.147. The van der Waals surface area contributed by atoms with Gasteiger partial charge in [-0.1, -0.05) is 49.4 Å². The molecule has 4 nitrogen and oxygen atoms in total. The molecule has 0 saturated heterocycles. The highest BCUT2D eigenvalue weighted by Gasteiger charge is 2.14. The van der Waals surface area contributed by atoms with E-state index in [0.717, 1.165) is 10.0 Å². The molecule has 2 aromatic carbocycles. The summed E-state index contributed by atoms with van der Waals surface area (Å²) in [5.74, 6) is -0.698. The predicted octanol–water partition coefficient (Wildman–Crippen LogP) is 4.12. The van der Waals surface area contributed by atoms with Gasteiger partial charge in [-0.2, -0.15) is 0 Å². The van der Waals surface area contributed by atoms with E-state index in [-0.39, 0.29) is 30.8 Å². The number of nitrogens with one attached hydrogen (secondary N) is 1. The Labute approximate surface area is 144 Å². The number of hydrogen-bond acceptors (Lipinski definition) is 3. The standard InChI is InChI=1S/C18H18BrNO3/c1-13(14-7-3-2-4-8-14)11-18(22)23-12-17(21)20-16-10-6-5-9-15(16)19/h2-10,13H,11-12H2,1H3,(H,20,21)/t13-/m0/s1. The van der Waals surface area contributed by atoms with Gasteiger partial charge < -0.3 is 10.1 Å². The molecule has 0 spiro atoms. The first-order valence-corrected chi connectivity index (χ1v) is 8.10. The molecule has 1 atom stereocenters. The number of anilines is 1. The van der Waals surface area contributed by atoms with Crippen molar-refractivity contribution in [2.45, 2.75) is 19.3 Å². The summed E-state index contributed by atoms with van der Waals surface area (Å²) in [7, 11) is 0. The van der Waals surface area contributed by atoms with E-state index >= 15 is 0 Å². The Morgan fingerprint density at radius 1 is 1.09 bits per heavy atom. The first kappa shape index (κ1) is 17.2. The van der Waals surface area contributed by atoms with Gasteiger partial charge in [-0.05, 0) is 39.5 Å². The number of para-hydroxylation sites is 1. The summed E-state index contributed by atoms with van der Waals surface area (Å²) in [6, 6.07) is 17.0. The van der Waals surface area contributed by atoms with Gasteiger partial charge in [-0.15, -0.1) is 0 Å². The van der Waals surface area contributed by atoms with Crippen molar-refractivity contribution in [3.8, 4) is 0 Å². The van der Waals surface area contributed by atoms with Gasteiger partial charge in [0, 0.05) is 4.47 Å². The number of amides is 1. The fourth-order valence-electron chi connectivity index (χ4n) is 2.10. The lowest BCUT2D eigenvalue weighted by Gasteiger charge is -2.12. The second-order valence-electron chi connectivity index (χ2n) is 5.20. The molecule has 0 aliphatic carbocycles. The molecule has 1 N–H and O–H groups in total. The summed E-state index contributed by atoms with van der Waals surface area (Å²) < 4.78 is 5.82. The van der Waals surface area contributed by atoms with Crippen LogP contribution in [0.5, 0.6) is 0 Å².